The first kappa shape index (κ1) is 18.0. The molecule has 0 aromatic heterocycles. The van der Waals surface area contributed by atoms with Gasteiger partial charge in [-0.15, -0.1) is 0 Å². The van der Waals surface area contributed by atoms with E-state index < -0.39 is 0 Å². The Kier molecular flexibility index (Phi) is 5.57. The maximum Gasteiger partial charge on any atom is 0.258 e. The molecule has 134 valence electrons. The van der Waals surface area contributed by atoms with E-state index in [0.717, 1.165) is 22.8 Å². The molecule has 0 heterocycles. The van der Waals surface area contributed by atoms with Crippen LogP contribution in [-0.4, -0.2) is 12.5 Å². The molecule has 0 unspecified atom stereocenters. The van der Waals surface area contributed by atoms with E-state index >= 15 is 0 Å². The smallest absolute Gasteiger partial charge is 0.258 e. The molecule has 0 saturated carbocycles. The highest BCUT2D eigenvalue weighted by Gasteiger charge is 2.15. The van der Waals surface area contributed by atoms with Crippen LogP contribution in [0.5, 0.6) is 5.75 Å². The van der Waals surface area contributed by atoms with Crippen LogP contribution in [0.25, 0.3) is 10.8 Å². The largest absolute Gasteiger partial charge is 0.484 e. The van der Waals surface area contributed by atoms with E-state index in [2.05, 4.69) is 50.4 Å². The van der Waals surface area contributed by atoms with Crippen molar-refractivity contribution in [1.82, 2.24) is 5.32 Å². The number of rotatable bonds is 6. The second kappa shape index (κ2) is 8.05. The lowest BCUT2D eigenvalue weighted by Crippen LogP contribution is -2.32. The Labute approximate surface area is 155 Å². The number of nitrogens with one attached hydrogen (secondary N) is 1. The number of carbonyl (C=O) groups is 1. The molecule has 0 fully saturated rings. The van der Waals surface area contributed by atoms with Crippen molar-refractivity contribution in [3.05, 3.63) is 77.4 Å². The number of amides is 1. The summed E-state index contributed by atoms with van der Waals surface area (Å²) in [5.74, 6) is 0.600. The lowest BCUT2D eigenvalue weighted by atomic mass is 9.97. The molecule has 3 rings (SSSR count). The van der Waals surface area contributed by atoms with E-state index in [9.17, 15) is 4.79 Å². The molecular formula is C23H25NO2. The average molecular weight is 347 g/mol. The van der Waals surface area contributed by atoms with E-state index in [0.29, 0.717) is 5.75 Å². The fraction of sp³-hybridized carbons (Fsp3) is 0.261. The molecule has 1 N–H and O–H groups in total. The Morgan fingerprint density at radius 3 is 2.50 bits per heavy atom. The highest BCUT2D eigenvalue weighted by Crippen LogP contribution is 2.22. The Morgan fingerprint density at radius 1 is 1.00 bits per heavy atom. The van der Waals surface area contributed by atoms with Crippen LogP contribution in [0, 0.1) is 13.8 Å². The van der Waals surface area contributed by atoms with Gasteiger partial charge in [0.2, 0.25) is 0 Å². The highest BCUT2D eigenvalue weighted by atomic mass is 16.5. The summed E-state index contributed by atoms with van der Waals surface area (Å²) in [5, 5.41) is 5.35. The number of hydrogen-bond acceptors (Lipinski definition) is 2. The van der Waals surface area contributed by atoms with Crippen molar-refractivity contribution in [2.24, 2.45) is 0 Å². The first-order valence-corrected chi connectivity index (χ1v) is 9.05. The Balaban J connectivity index is 1.63. The van der Waals surface area contributed by atoms with Crippen LogP contribution in [0.1, 0.15) is 36.1 Å². The van der Waals surface area contributed by atoms with Crippen molar-refractivity contribution in [3.63, 3.8) is 0 Å². The fourth-order valence-electron chi connectivity index (χ4n) is 3.26. The number of hydrogen-bond donors (Lipinski definition) is 1. The van der Waals surface area contributed by atoms with Gasteiger partial charge in [-0.25, -0.2) is 0 Å². The highest BCUT2D eigenvalue weighted by molar-refractivity contribution is 5.84. The summed E-state index contributed by atoms with van der Waals surface area (Å²) >= 11 is 0. The maximum atomic E-state index is 12.4. The molecule has 0 aliphatic heterocycles. The van der Waals surface area contributed by atoms with Gasteiger partial charge in [-0.2, -0.15) is 0 Å². The second-order valence-corrected chi connectivity index (χ2v) is 6.69. The van der Waals surface area contributed by atoms with Crippen LogP contribution in [0.15, 0.2) is 60.7 Å². The summed E-state index contributed by atoms with van der Waals surface area (Å²) in [5.41, 5.74) is 3.59. The monoisotopic (exact) mass is 347 g/mol. The summed E-state index contributed by atoms with van der Waals surface area (Å²) in [6.07, 6.45) is 0.839. The average Bonchev–Trinajstić information content (AvgIpc) is 2.65. The SMILES string of the molecule is CC[C@@H](NC(=O)COc1ccc2ccccc2c1)c1ccc(C)cc1C. The van der Waals surface area contributed by atoms with Gasteiger partial charge in [0.25, 0.3) is 5.91 Å². The molecule has 0 saturated heterocycles. The Morgan fingerprint density at radius 2 is 1.77 bits per heavy atom. The molecular weight excluding hydrogens is 322 g/mol. The predicted molar refractivity (Wildman–Crippen MR) is 107 cm³/mol. The first-order chi connectivity index (χ1) is 12.6. The van der Waals surface area contributed by atoms with Crippen LogP contribution < -0.4 is 10.1 Å². The number of carbonyl (C=O) groups excluding carboxylic acids is 1. The maximum absolute atomic E-state index is 12.4. The molecule has 1 atom stereocenters. The van der Waals surface area contributed by atoms with E-state index in [1.807, 2.05) is 36.4 Å². The summed E-state index contributed by atoms with van der Waals surface area (Å²) in [6, 6.07) is 20.3. The molecule has 3 aromatic rings. The molecule has 0 radical (unpaired) electrons. The van der Waals surface area contributed by atoms with Gasteiger partial charge in [-0.05, 0) is 54.3 Å². The third-order valence-electron chi connectivity index (χ3n) is 4.64. The Hall–Kier alpha value is -2.81. The zero-order valence-electron chi connectivity index (χ0n) is 15.6. The number of benzene rings is 3. The molecule has 3 nitrogen and oxygen atoms in total. The molecule has 26 heavy (non-hydrogen) atoms. The van der Waals surface area contributed by atoms with Crippen molar-refractivity contribution in [2.75, 3.05) is 6.61 Å². The van der Waals surface area contributed by atoms with Crippen molar-refractivity contribution in [2.45, 2.75) is 33.2 Å². The number of ether oxygens (including phenoxy) is 1. The summed E-state index contributed by atoms with van der Waals surface area (Å²) in [7, 11) is 0. The van der Waals surface area contributed by atoms with Crippen LogP contribution in [-0.2, 0) is 4.79 Å². The van der Waals surface area contributed by atoms with Gasteiger partial charge in [0.05, 0.1) is 6.04 Å². The molecule has 1 amide bonds. The molecule has 3 aromatic carbocycles. The van der Waals surface area contributed by atoms with Gasteiger partial charge in [-0.3, -0.25) is 4.79 Å². The molecule has 0 bridgehead atoms. The molecule has 0 spiro atoms. The van der Waals surface area contributed by atoms with Gasteiger partial charge >= 0.3 is 0 Å². The van der Waals surface area contributed by atoms with Gasteiger partial charge < -0.3 is 10.1 Å². The molecule has 0 aliphatic rings. The molecule has 3 heteroatoms. The van der Waals surface area contributed by atoms with Crippen molar-refractivity contribution in [1.29, 1.82) is 0 Å². The molecule has 0 aliphatic carbocycles. The Bertz CT molecular complexity index is 917. The van der Waals surface area contributed by atoms with E-state index in [4.69, 9.17) is 4.74 Å². The zero-order valence-corrected chi connectivity index (χ0v) is 15.6. The second-order valence-electron chi connectivity index (χ2n) is 6.69. The summed E-state index contributed by atoms with van der Waals surface area (Å²) < 4.78 is 5.69. The third-order valence-corrected chi connectivity index (χ3v) is 4.64. The summed E-state index contributed by atoms with van der Waals surface area (Å²) in [4.78, 5) is 12.4. The number of fused-ring (bicyclic) bond motifs is 1. The third kappa shape index (κ3) is 4.23. The van der Waals surface area contributed by atoms with Crippen LogP contribution in [0.2, 0.25) is 0 Å². The summed E-state index contributed by atoms with van der Waals surface area (Å²) in [6.45, 7) is 6.25. The lowest BCUT2D eigenvalue weighted by molar-refractivity contribution is -0.123. The quantitative estimate of drug-likeness (QED) is 0.673. The number of aryl methyl sites for hydroxylation is 2. The minimum atomic E-state index is -0.106. The van der Waals surface area contributed by atoms with Crippen molar-refractivity contribution < 1.29 is 9.53 Å². The van der Waals surface area contributed by atoms with Crippen molar-refractivity contribution >= 4 is 16.7 Å². The van der Waals surface area contributed by atoms with E-state index in [-0.39, 0.29) is 18.6 Å². The van der Waals surface area contributed by atoms with Crippen LogP contribution >= 0.6 is 0 Å². The predicted octanol–water partition coefficient (Wildman–Crippen LogP) is 5.10. The van der Waals surface area contributed by atoms with Gasteiger partial charge in [0, 0.05) is 0 Å². The normalized spacial score (nSPS) is 12.0. The first-order valence-electron chi connectivity index (χ1n) is 9.05. The zero-order chi connectivity index (χ0) is 18.5. The van der Waals surface area contributed by atoms with Gasteiger partial charge in [0.15, 0.2) is 6.61 Å². The van der Waals surface area contributed by atoms with Gasteiger partial charge in [-0.1, -0.05) is 61.0 Å². The van der Waals surface area contributed by atoms with E-state index in [1.165, 1.54) is 11.1 Å². The fourth-order valence-corrected chi connectivity index (χ4v) is 3.26. The minimum absolute atomic E-state index is 0.00306. The minimum Gasteiger partial charge on any atom is -0.484 e. The standard InChI is InChI=1S/C23H25NO2/c1-4-22(21-12-9-16(2)13-17(21)3)24-23(25)15-26-20-11-10-18-7-5-6-8-19(18)14-20/h5-14,22H,4,15H2,1-3H3,(H,24,25)/t22-/m1/s1. The topological polar surface area (TPSA) is 38.3 Å². The van der Waals surface area contributed by atoms with Gasteiger partial charge in [0.1, 0.15) is 5.75 Å². The van der Waals surface area contributed by atoms with Crippen LogP contribution in [0.3, 0.4) is 0 Å². The van der Waals surface area contributed by atoms with E-state index in [1.54, 1.807) is 0 Å². The van der Waals surface area contributed by atoms with Crippen molar-refractivity contribution in [3.8, 4) is 5.75 Å². The van der Waals surface area contributed by atoms with Crippen LogP contribution in [0.4, 0.5) is 0 Å². The lowest BCUT2D eigenvalue weighted by Gasteiger charge is -2.20.